The molecule has 4 nitrogen and oxygen atoms in total. The molecule has 1 N–H and O–H groups in total. The molecule has 0 bridgehead atoms. The zero-order valence-corrected chi connectivity index (χ0v) is 12.3. The Morgan fingerprint density at radius 2 is 1.80 bits per heavy atom. The van der Waals surface area contributed by atoms with Crippen LogP contribution < -0.4 is 5.32 Å². The summed E-state index contributed by atoms with van der Waals surface area (Å²) >= 11 is 5.13. The number of likely N-dealkylation sites (tertiary alicyclic amines) is 1. The van der Waals surface area contributed by atoms with Crippen LogP contribution in [0.1, 0.15) is 38.2 Å². The van der Waals surface area contributed by atoms with Gasteiger partial charge in [0.15, 0.2) is 5.11 Å². The average molecular weight is 290 g/mol. The van der Waals surface area contributed by atoms with Crippen molar-refractivity contribution in [3.63, 3.8) is 0 Å². The second-order valence-corrected chi connectivity index (χ2v) is 5.24. The molecule has 1 heterocycles. The third-order valence-electron chi connectivity index (χ3n) is 3.28. The molecule has 1 fully saturated rings. The van der Waals surface area contributed by atoms with Gasteiger partial charge < -0.3 is 5.32 Å². The molecule has 0 spiro atoms. The molecule has 1 aromatic rings. The van der Waals surface area contributed by atoms with Crippen molar-refractivity contribution in [1.82, 2.24) is 4.90 Å². The van der Waals surface area contributed by atoms with Gasteiger partial charge in [-0.3, -0.25) is 9.59 Å². The number of nitrogens with zero attached hydrogens (tertiary/aromatic N) is 1. The molecular formula is C15H18N2O2S. The van der Waals surface area contributed by atoms with Gasteiger partial charge in [0, 0.05) is 18.5 Å². The first kappa shape index (κ1) is 14.7. The number of rotatable bonds is 4. The highest BCUT2D eigenvalue weighted by molar-refractivity contribution is 7.80. The number of aryl methyl sites for hydroxylation is 1. The van der Waals surface area contributed by atoms with Crippen LogP contribution in [0.5, 0.6) is 0 Å². The van der Waals surface area contributed by atoms with Crippen LogP contribution in [-0.2, 0) is 16.0 Å². The summed E-state index contributed by atoms with van der Waals surface area (Å²) < 4.78 is 0. The van der Waals surface area contributed by atoms with Gasteiger partial charge in [0.05, 0.1) is 0 Å². The number of hydrogen-bond acceptors (Lipinski definition) is 3. The fourth-order valence-corrected chi connectivity index (χ4v) is 2.44. The molecular weight excluding hydrogens is 272 g/mol. The Hall–Kier alpha value is -1.75. The van der Waals surface area contributed by atoms with Crippen LogP contribution in [0.15, 0.2) is 24.3 Å². The molecule has 0 unspecified atom stereocenters. The Labute approximate surface area is 124 Å². The molecule has 1 aliphatic heterocycles. The highest BCUT2D eigenvalue weighted by atomic mass is 32.1. The Balaban J connectivity index is 1.97. The smallest absolute Gasteiger partial charge is 0.236 e. The fraction of sp³-hybridized carbons (Fsp3) is 0.400. The van der Waals surface area contributed by atoms with E-state index in [9.17, 15) is 9.59 Å². The van der Waals surface area contributed by atoms with Crippen molar-refractivity contribution in [1.29, 1.82) is 0 Å². The van der Waals surface area contributed by atoms with Gasteiger partial charge in [0.2, 0.25) is 11.8 Å². The van der Waals surface area contributed by atoms with Crippen molar-refractivity contribution in [3.8, 4) is 0 Å². The zero-order valence-electron chi connectivity index (χ0n) is 11.5. The monoisotopic (exact) mass is 290 g/mol. The van der Waals surface area contributed by atoms with Crippen molar-refractivity contribution in [3.05, 3.63) is 29.8 Å². The molecule has 0 aliphatic carbocycles. The number of thiocarbonyl (C=S) groups is 1. The number of imide groups is 1. The second-order valence-electron chi connectivity index (χ2n) is 4.85. The van der Waals surface area contributed by atoms with Crippen LogP contribution in [-0.4, -0.2) is 21.8 Å². The van der Waals surface area contributed by atoms with Gasteiger partial charge >= 0.3 is 0 Å². The third-order valence-corrected chi connectivity index (χ3v) is 3.56. The standard InChI is InChI=1S/C15H18N2O2S/c1-2-3-4-11-5-7-12(8-6-11)16-15(20)17-13(18)9-10-14(17)19/h5-8H,2-4,9-10H2,1H3,(H,16,20). The van der Waals surface area contributed by atoms with E-state index in [-0.39, 0.29) is 29.8 Å². The molecule has 2 rings (SSSR count). The SMILES string of the molecule is CCCCc1ccc(NC(=S)N2C(=O)CCC2=O)cc1. The number of benzene rings is 1. The van der Waals surface area contributed by atoms with E-state index >= 15 is 0 Å². The van der Waals surface area contributed by atoms with Crippen LogP contribution in [0.2, 0.25) is 0 Å². The predicted octanol–water partition coefficient (Wildman–Crippen LogP) is 2.88. The van der Waals surface area contributed by atoms with Crippen molar-refractivity contribution in [2.24, 2.45) is 0 Å². The van der Waals surface area contributed by atoms with Gasteiger partial charge in [-0.2, -0.15) is 0 Å². The summed E-state index contributed by atoms with van der Waals surface area (Å²) in [5, 5.41) is 3.11. The molecule has 20 heavy (non-hydrogen) atoms. The van der Waals surface area contributed by atoms with Gasteiger partial charge in [-0.1, -0.05) is 25.5 Å². The molecule has 2 amide bonds. The number of amides is 2. The summed E-state index contributed by atoms with van der Waals surface area (Å²) in [6, 6.07) is 7.91. The Kier molecular flexibility index (Phi) is 4.84. The second kappa shape index (κ2) is 6.61. The molecule has 0 radical (unpaired) electrons. The topological polar surface area (TPSA) is 49.4 Å². The minimum atomic E-state index is -0.230. The van der Waals surface area contributed by atoms with Gasteiger partial charge in [-0.25, -0.2) is 4.90 Å². The zero-order chi connectivity index (χ0) is 14.5. The number of unbranched alkanes of at least 4 members (excludes halogenated alkanes) is 1. The number of carbonyl (C=O) groups is 2. The highest BCUT2D eigenvalue weighted by Gasteiger charge is 2.32. The van der Waals surface area contributed by atoms with E-state index in [4.69, 9.17) is 12.2 Å². The third kappa shape index (κ3) is 3.42. The van der Waals surface area contributed by atoms with E-state index in [2.05, 4.69) is 12.2 Å². The first-order chi connectivity index (χ1) is 9.61. The lowest BCUT2D eigenvalue weighted by Gasteiger charge is -2.16. The minimum absolute atomic E-state index is 0.166. The first-order valence-corrected chi connectivity index (χ1v) is 7.28. The van der Waals surface area contributed by atoms with Crippen molar-refractivity contribution in [2.75, 3.05) is 5.32 Å². The molecule has 1 aromatic carbocycles. The summed E-state index contributed by atoms with van der Waals surface area (Å²) in [7, 11) is 0. The quantitative estimate of drug-likeness (QED) is 0.684. The molecule has 1 saturated heterocycles. The Morgan fingerprint density at radius 3 is 2.35 bits per heavy atom. The Bertz CT molecular complexity index is 509. The van der Waals surface area contributed by atoms with E-state index in [0.717, 1.165) is 17.0 Å². The average Bonchev–Trinajstić information content (AvgIpc) is 2.77. The van der Waals surface area contributed by atoms with E-state index in [1.165, 1.54) is 18.4 Å². The molecule has 0 atom stereocenters. The number of nitrogens with one attached hydrogen (secondary N) is 1. The van der Waals surface area contributed by atoms with Crippen molar-refractivity contribution < 1.29 is 9.59 Å². The van der Waals surface area contributed by atoms with Crippen molar-refractivity contribution >= 4 is 34.8 Å². The number of anilines is 1. The number of hydrogen-bond donors (Lipinski definition) is 1. The maximum absolute atomic E-state index is 11.6. The molecule has 5 heteroatoms. The largest absolute Gasteiger partial charge is 0.332 e. The van der Waals surface area contributed by atoms with E-state index in [1.54, 1.807) is 0 Å². The van der Waals surface area contributed by atoms with Crippen LogP contribution in [0.25, 0.3) is 0 Å². The molecule has 0 saturated carbocycles. The summed E-state index contributed by atoms with van der Waals surface area (Å²) in [6.07, 6.45) is 3.89. The fourth-order valence-electron chi connectivity index (χ4n) is 2.12. The molecule has 1 aliphatic rings. The van der Waals surface area contributed by atoms with Gasteiger partial charge in [-0.05, 0) is 42.8 Å². The van der Waals surface area contributed by atoms with Crippen LogP contribution in [0.4, 0.5) is 5.69 Å². The Morgan fingerprint density at radius 1 is 1.20 bits per heavy atom. The first-order valence-electron chi connectivity index (χ1n) is 6.87. The van der Waals surface area contributed by atoms with E-state index in [1.807, 2.05) is 24.3 Å². The van der Waals surface area contributed by atoms with Crippen molar-refractivity contribution in [2.45, 2.75) is 39.0 Å². The molecule has 0 aromatic heterocycles. The van der Waals surface area contributed by atoms with E-state index < -0.39 is 0 Å². The predicted molar refractivity (Wildman–Crippen MR) is 82.4 cm³/mol. The van der Waals surface area contributed by atoms with E-state index in [0.29, 0.717) is 0 Å². The summed E-state index contributed by atoms with van der Waals surface area (Å²) in [5.41, 5.74) is 2.07. The lowest BCUT2D eigenvalue weighted by atomic mass is 10.1. The van der Waals surface area contributed by atoms with Crippen LogP contribution >= 0.6 is 12.2 Å². The van der Waals surface area contributed by atoms with Crippen LogP contribution in [0, 0.1) is 0 Å². The van der Waals surface area contributed by atoms with Gasteiger partial charge in [0.1, 0.15) is 0 Å². The maximum Gasteiger partial charge on any atom is 0.236 e. The summed E-state index contributed by atoms with van der Waals surface area (Å²) in [5.74, 6) is -0.459. The molecule has 106 valence electrons. The number of carbonyl (C=O) groups excluding carboxylic acids is 2. The van der Waals surface area contributed by atoms with Gasteiger partial charge in [-0.15, -0.1) is 0 Å². The maximum atomic E-state index is 11.6. The summed E-state index contributed by atoms with van der Waals surface area (Å²) in [6.45, 7) is 2.17. The highest BCUT2D eigenvalue weighted by Crippen LogP contribution is 2.16. The lowest BCUT2D eigenvalue weighted by Crippen LogP contribution is -2.38. The van der Waals surface area contributed by atoms with Crippen LogP contribution in [0.3, 0.4) is 0 Å². The normalized spacial score (nSPS) is 14.8. The minimum Gasteiger partial charge on any atom is -0.332 e. The van der Waals surface area contributed by atoms with Gasteiger partial charge in [0.25, 0.3) is 0 Å². The summed E-state index contributed by atoms with van der Waals surface area (Å²) in [4.78, 5) is 24.2. The lowest BCUT2D eigenvalue weighted by molar-refractivity contribution is -0.133.